The molecule has 2 aromatic rings. The molecule has 0 fully saturated rings. The molecule has 0 saturated heterocycles. The van der Waals surface area contributed by atoms with Crippen LogP contribution in [0.3, 0.4) is 0 Å². The summed E-state index contributed by atoms with van der Waals surface area (Å²) in [6, 6.07) is 7.96. The molecule has 2 rings (SSSR count). The fourth-order valence-electron chi connectivity index (χ4n) is 1.61. The Bertz CT molecular complexity index is 518. The van der Waals surface area contributed by atoms with Gasteiger partial charge in [0.1, 0.15) is 5.03 Å². The van der Waals surface area contributed by atoms with Gasteiger partial charge in [-0.3, -0.25) is 0 Å². The van der Waals surface area contributed by atoms with E-state index in [4.69, 9.17) is 5.11 Å². The summed E-state index contributed by atoms with van der Waals surface area (Å²) in [6.45, 7) is 0.632. The van der Waals surface area contributed by atoms with Gasteiger partial charge in [-0.05, 0) is 12.3 Å². The van der Waals surface area contributed by atoms with Crippen molar-refractivity contribution in [2.45, 2.75) is 5.03 Å². The summed E-state index contributed by atoms with van der Waals surface area (Å²) in [5, 5.41) is 11.0. The molecule has 0 unspecified atom stereocenters. The van der Waals surface area contributed by atoms with Gasteiger partial charge in [0.15, 0.2) is 0 Å². The molecule has 0 aliphatic carbocycles. The molecule has 1 aromatic heterocycles. The van der Waals surface area contributed by atoms with E-state index in [1.165, 1.54) is 0 Å². The maximum absolute atomic E-state index is 8.94. The van der Waals surface area contributed by atoms with E-state index in [-0.39, 0.29) is 6.61 Å². The van der Waals surface area contributed by atoms with Crippen molar-refractivity contribution in [3.8, 4) is 0 Å². The van der Waals surface area contributed by atoms with E-state index in [1.54, 1.807) is 11.8 Å². The van der Waals surface area contributed by atoms with Crippen molar-refractivity contribution in [3.05, 3.63) is 24.3 Å². The van der Waals surface area contributed by atoms with E-state index in [0.717, 1.165) is 15.9 Å². The van der Waals surface area contributed by atoms with Gasteiger partial charge in [0.25, 0.3) is 0 Å². The lowest BCUT2D eigenvalue weighted by atomic mass is 10.2. The number of likely N-dealkylation sites (N-methyl/N-ethyl adjacent to an activating group) is 1. The first-order valence-electron chi connectivity index (χ1n) is 5.39. The number of aliphatic hydroxyl groups excluding tert-OH is 1. The minimum atomic E-state index is 0.0985. The number of hydrogen-bond acceptors (Lipinski definition) is 5. The second-order valence-electron chi connectivity index (χ2n) is 3.70. The Morgan fingerprint density at radius 1 is 1.29 bits per heavy atom. The summed E-state index contributed by atoms with van der Waals surface area (Å²) in [6.07, 6.45) is 2.00. The summed E-state index contributed by atoms with van der Waals surface area (Å²) >= 11 is 1.61. The molecular formula is C12H15N3OS. The summed E-state index contributed by atoms with van der Waals surface area (Å²) in [7, 11) is 1.88. The number of anilines is 1. The number of para-hydroxylation sites is 1. The molecule has 0 atom stereocenters. The number of aliphatic hydroxyl groups is 1. The van der Waals surface area contributed by atoms with Crippen LogP contribution in [-0.2, 0) is 0 Å². The number of thioether (sulfide) groups is 1. The zero-order valence-electron chi connectivity index (χ0n) is 9.92. The molecule has 17 heavy (non-hydrogen) atoms. The largest absolute Gasteiger partial charge is 0.395 e. The number of rotatable bonds is 4. The predicted molar refractivity (Wildman–Crippen MR) is 71.7 cm³/mol. The van der Waals surface area contributed by atoms with Gasteiger partial charge >= 0.3 is 0 Å². The molecular weight excluding hydrogens is 234 g/mol. The second kappa shape index (κ2) is 5.33. The first-order chi connectivity index (χ1) is 8.26. The van der Waals surface area contributed by atoms with Gasteiger partial charge in [0.2, 0.25) is 5.95 Å². The highest BCUT2D eigenvalue weighted by Crippen LogP contribution is 2.25. The number of nitrogens with zero attached hydrogens (tertiary/aromatic N) is 3. The monoisotopic (exact) mass is 249 g/mol. The van der Waals surface area contributed by atoms with Crippen molar-refractivity contribution in [2.24, 2.45) is 0 Å². The van der Waals surface area contributed by atoms with Gasteiger partial charge in [-0.2, -0.15) is 0 Å². The van der Waals surface area contributed by atoms with E-state index in [2.05, 4.69) is 9.97 Å². The summed E-state index contributed by atoms with van der Waals surface area (Å²) in [5.74, 6) is 0.655. The average Bonchev–Trinajstić information content (AvgIpc) is 2.37. The summed E-state index contributed by atoms with van der Waals surface area (Å²) in [4.78, 5) is 10.9. The van der Waals surface area contributed by atoms with Crippen molar-refractivity contribution >= 4 is 28.6 Å². The van der Waals surface area contributed by atoms with Crippen molar-refractivity contribution in [1.29, 1.82) is 0 Å². The van der Waals surface area contributed by atoms with Crippen molar-refractivity contribution < 1.29 is 5.11 Å². The smallest absolute Gasteiger partial charge is 0.226 e. The average molecular weight is 249 g/mol. The van der Waals surface area contributed by atoms with Crippen LogP contribution < -0.4 is 4.90 Å². The normalized spacial score (nSPS) is 10.8. The summed E-state index contributed by atoms with van der Waals surface area (Å²) < 4.78 is 0. The molecule has 4 nitrogen and oxygen atoms in total. The lowest BCUT2D eigenvalue weighted by Crippen LogP contribution is -2.23. The second-order valence-corrected chi connectivity index (χ2v) is 4.49. The standard InChI is InChI=1S/C12H15N3OS/c1-15(7-8-16)12-13-10-6-4-3-5-9(10)11(14-12)17-2/h3-6,16H,7-8H2,1-2H3. The van der Waals surface area contributed by atoms with Gasteiger partial charge in [0, 0.05) is 19.0 Å². The molecule has 0 bridgehead atoms. The Kier molecular flexibility index (Phi) is 3.81. The lowest BCUT2D eigenvalue weighted by molar-refractivity contribution is 0.303. The number of hydrogen-bond donors (Lipinski definition) is 1. The molecule has 0 saturated carbocycles. The predicted octanol–water partition coefficient (Wildman–Crippen LogP) is 1.78. The first kappa shape index (κ1) is 12.1. The molecule has 1 heterocycles. The van der Waals surface area contributed by atoms with E-state index in [0.29, 0.717) is 12.5 Å². The minimum absolute atomic E-state index is 0.0985. The Hall–Kier alpha value is -1.33. The molecule has 0 amide bonds. The molecule has 0 aliphatic rings. The van der Waals surface area contributed by atoms with E-state index < -0.39 is 0 Å². The number of benzene rings is 1. The maximum atomic E-state index is 8.94. The topological polar surface area (TPSA) is 49.2 Å². The molecule has 0 radical (unpaired) electrons. The fourth-order valence-corrected chi connectivity index (χ4v) is 2.18. The zero-order chi connectivity index (χ0) is 12.3. The highest BCUT2D eigenvalue weighted by molar-refractivity contribution is 7.98. The Morgan fingerprint density at radius 3 is 2.76 bits per heavy atom. The van der Waals surface area contributed by atoms with E-state index >= 15 is 0 Å². The Balaban J connectivity index is 2.52. The van der Waals surface area contributed by atoms with Crippen LogP contribution in [0.25, 0.3) is 10.9 Å². The molecule has 90 valence electrons. The van der Waals surface area contributed by atoms with E-state index in [1.807, 2.05) is 42.5 Å². The van der Waals surface area contributed by atoms with Crippen LogP contribution in [0.1, 0.15) is 0 Å². The first-order valence-corrected chi connectivity index (χ1v) is 6.61. The van der Waals surface area contributed by atoms with Gasteiger partial charge < -0.3 is 10.0 Å². The molecule has 5 heteroatoms. The van der Waals surface area contributed by atoms with Gasteiger partial charge in [-0.1, -0.05) is 18.2 Å². The van der Waals surface area contributed by atoms with Crippen molar-refractivity contribution in [2.75, 3.05) is 31.4 Å². The van der Waals surface area contributed by atoms with Crippen LogP contribution in [0.15, 0.2) is 29.3 Å². The fraction of sp³-hybridized carbons (Fsp3) is 0.333. The van der Waals surface area contributed by atoms with Crippen molar-refractivity contribution in [1.82, 2.24) is 9.97 Å². The summed E-state index contributed by atoms with van der Waals surface area (Å²) in [5.41, 5.74) is 0.937. The highest BCUT2D eigenvalue weighted by Gasteiger charge is 2.09. The van der Waals surface area contributed by atoms with Crippen LogP contribution in [0, 0.1) is 0 Å². The third-order valence-corrected chi connectivity index (χ3v) is 3.22. The van der Waals surface area contributed by atoms with Crippen LogP contribution in [0.5, 0.6) is 0 Å². The van der Waals surface area contributed by atoms with Crippen LogP contribution in [0.4, 0.5) is 5.95 Å². The van der Waals surface area contributed by atoms with Crippen LogP contribution >= 0.6 is 11.8 Å². The lowest BCUT2D eigenvalue weighted by Gasteiger charge is -2.16. The number of aromatic nitrogens is 2. The molecule has 0 aliphatic heterocycles. The maximum Gasteiger partial charge on any atom is 0.226 e. The van der Waals surface area contributed by atoms with Gasteiger partial charge in [0.05, 0.1) is 12.1 Å². The van der Waals surface area contributed by atoms with Gasteiger partial charge in [-0.25, -0.2) is 9.97 Å². The van der Waals surface area contributed by atoms with E-state index in [9.17, 15) is 0 Å². The Labute approximate surface area is 105 Å². The molecule has 1 aromatic carbocycles. The number of fused-ring (bicyclic) bond motifs is 1. The van der Waals surface area contributed by atoms with Gasteiger partial charge in [-0.15, -0.1) is 11.8 Å². The van der Waals surface area contributed by atoms with Crippen LogP contribution in [0.2, 0.25) is 0 Å². The zero-order valence-corrected chi connectivity index (χ0v) is 10.7. The minimum Gasteiger partial charge on any atom is -0.395 e. The Morgan fingerprint density at radius 2 is 2.06 bits per heavy atom. The SMILES string of the molecule is CSc1nc(N(C)CCO)nc2ccccc12. The highest BCUT2D eigenvalue weighted by atomic mass is 32.2. The van der Waals surface area contributed by atoms with Crippen LogP contribution in [-0.4, -0.2) is 41.5 Å². The quantitative estimate of drug-likeness (QED) is 0.661. The molecule has 1 N–H and O–H groups in total. The third kappa shape index (κ3) is 2.50. The van der Waals surface area contributed by atoms with Crippen molar-refractivity contribution in [3.63, 3.8) is 0 Å². The molecule has 0 spiro atoms. The third-order valence-electron chi connectivity index (χ3n) is 2.53.